The maximum absolute atomic E-state index is 12.1. The third kappa shape index (κ3) is 3.71. The number of rotatable bonds is 5. The van der Waals surface area contributed by atoms with Crippen molar-refractivity contribution in [1.29, 1.82) is 0 Å². The fraction of sp³-hybridized carbons (Fsp3) is 0.200. The molecule has 0 atom stereocenters. The van der Waals surface area contributed by atoms with Gasteiger partial charge in [-0.2, -0.15) is 0 Å². The molecule has 21 heavy (non-hydrogen) atoms. The molecular weight excluding hydrogens is 292 g/mol. The largest absolute Gasteiger partial charge is 0.494 e. The summed E-state index contributed by atoms with van der Waals surface area (Å²) < 4.78 is 5.39. The van der Waals surface area contributed by atoms with Crippen LogP contribution in [-0.4, -0.2) is 22.6 Å². The van der Waals surface area contributed by atoms with E-state index in [0.717, 1.165) is 0 Å². The second kappa shape index (κ2) is 7.06. The summed E-state index contributed by atoms with van der Waals surface area (Å²) in [4.78, 5) is 16.0. The maximum atomic E-state index is 12.1. The highest BCUT2D eigenvalue weighted by Gasteiger charge is 2.12. The van der Waals surface area contributed by atoms with Crippen LogP contribution in [0.1, 0.15) is 22.8 Å². The Balaban J connectivity index is 2.20. The van der Waals surface area contributed by atoms with Crippen molar-refractivity contribution in [2.75, 3.05) is 11.9 Å². The Morgan fingerprint density at radius 2 is 2.24 bits per heavy atom. The minimum Gasteiger partial charge on any atom is -0.494 e. The van der Waals surface area contributed by atoms with Crippen molar-refractivity contribution in [3.05, 3.63) is 52.8 Å². The zero-order valence-electron chi connectivity index (χ0n) is 11.5. The summed E-state index contributed by atoms with van der Waals surface area (Å²) in [6.07, 6.45) is 2.92. The Morgan fingerprint density at radius 3 is 2.90 bits per heavy atom. The fourth-order valence-corrected chi connectivity index (χ4v) is 2.01. The average molecular weight is 307 g/mol. The molecule has 1 aromatic carbocycles. The number of carbonyl (C=O) groups is 1. The normalized spacial score (nSPS) is 10.2. The highest BCUT2D eigenvalue weighted by atomic mass is 35.5. The number of aliphatic hydroxyl groups is 1. The van der Waals surface area contributed by atoms with Gasteiger partial charge in [0.05, 0.1) is 23.8 Å². The van der Waals surface area contributed by atoms with Gasteiger partial charge in [0.2, 0.25) is 0 Å². The van der Waals surface area contributed by atoms with Gasteiger partial charge in [-0.3, -0.25) is 9.78 Å². The molecule has 0 aliphatic rings. The number of aromatic nitrogens is 1. The minimum absolute atomic E-state index is 0.174. The zero-order chi connectivity index (χ0) is 15.2. The Bertz CT molecular complexity index is 647. The number of anilines is 1. The van der Waals surface area contributed by atoms with Crippen LogP contribution >= 0.6 is 11.6 Å². The van der Waals surface area contributed by atoms with Gasteiger partial charge in [0, 0.05) is 23.6 Å². The second-order valence-corrected chi connectivity index (χ2v) is 4.63. The van der Waals surface area contributed by atoms with Crippen molar-refractivity contribution in [3.63, 3.8) is 0 Å². The first-order chi connectivity index (χ1) is 10.2. The standard InChI is InChI=1S/C15H15ClN2O3/c1-2-21-14-4-3-11(7-10(14)9-19)18-15(20)12-8-17-6-5-13(12)16/h3-8,19H,2,9H2,1H3,(H,18,20). The summed E-state index contributed by atoms with van der Waals surface area (Å²) in [5, 5.41) is 12.4. The molecule has 0 bridgehead atoms. The molecular formula is C15H15ClN2O3. The summed E-state index contributed by atoms with van der Waals surface area (Å²) in [6.45, 7) is 2.19. The zero-order valence-corrected chi connectivity index (χ0v) is 12.2. The molecule has 0 radical (unpaired) electrons. The van der Waals surface area contributed by atoms with Gasteiger partial charge in [-0.25, -0.2) is 0 Å². The number of pyridine rings is 1. The molecule has 0 saturated carbocycles. The Morgan fingerprint density at radius 1 is 1.43 bits per heavy atom. The highest BCUT2D eigenvalue weighted by Crippen LogP contribution is 2.24. The van der Waals surface area contributed by atoms with Crippen LogP contribution in [0.25, 0.3) is 0 Å². The molecule has 6 heteroatoms. The van der Waals surface area contributed by atoms with E-state index in [1.165, 1.54) is 12.4 Å². The third-order valence-corrected chi connectivity index (χ3v) is 3.13. The summed E-state index contributed by atoms with van der Waals surface area (Å²) in [6, 6.07) is 6.61. The molecule has 110 valence electrons. The first-order valence-corrected chi connectivity index (χ1v) is 6.81. The number of carbonyl (C=O) groups excluding carboxylic acids is 1. The molecule has 2 N–H and O–H groups in total. The molecule has 1 amide bonds. The molecule has 2 aromatic rings. The van der Waals surface area contributed by atoms with E-state index in [9.17, 15) is 9.90 Å². The second-order valence-electron chi connectivity index (χ2n) is 4.22. The van der Waals surface area contributed by atoms with Crippen LogP contribution in [0.3, 0.4) is 0 Å². The third-order valence-electron chi connectivity index (χ3n) is 2.80. The van der Waals surface area contributed by atoms with Crippen LogP contribution in [-0.2, 0) is 6.61 Å². The lowest BCUT2D eigenvalue weighted by Crippen LogP contribution is -2.13. The molecule has 0 saturated heterocycles. The molecule has 0 spiro atoms. The van der Waals surface area contributed by atoms with Crippen LogP contribution in [0.2, 0.25) is 5.02 Å². The van der Waals surface area contributed by atoms with Gasteiger partial charge in [-0.15, -0.1) is 0 Å². The SMILES string of the molecule is CCOc1ccc(NC(=O)c2cnccc2Cl)cc1CO. The summed E-state index contributed by atoms with van der Waals surface area (Å²) >= 11 is 5.95. The highest BCUT2D eigenvalue weighted by molar-refractivity contribution is 6.34. The van der Waals surface area contributed by atoms with E-state index in [-0.39, 0.29) is 12.5 Å². The van der Waals surface area contributed by atoms with Gasteiger partial charge in [0.1, 0.15) is 5.75 Å². The van der Waals surface area contributed by atoms with Gasteiger partial charge in [0.15, 0.2) is 0 Å². The number of ether oxygens (including phenoxy) is 1. The summed E-state index contributed by atoms with van der Waals surface area (Å²) in [5.41, 5.74) is 1.44. The van der Waals surface area contributed by atoms with Gasteiger partial charge in [-0.05, 0) is 31.2 Å². The quantitative estimate of drug-likeness (QED) is 0.891. The smallest absolute Gasteiger partial charge is 0.258 e. The van der Waals surface area contributed by atoms with Gasteiger partial charge in [-0.1, -0.05) is 11.6 Å². The Hall–Kier alpha value is -2.11. The lowest BCUT2D eigenvalue weighted by atomic mass is 10.1. The molecule has 5 nitrogen and oxygen atoms in total. The monoisotopic (exact) mass is 306 g/mol. The Labute approximate surface area is 127 Å². The van der Waals surface area contributed by atoms with E-state index in [2.05, 4.69) is 10.3 Å². The first kappa shape index (κ1) is 15.3. The lowest BCUT2D eigenvalue weighted by molar-refractivity contribution is 0.102. The van der Waals surface area contributed by atoms with Gasteiger partial charge < -0.3 is 15.2 Å². The number of nitrogens with one attached hydrogen (secondary N) is 1. The number of hydrogen-bond donors (Lipinski definition) is 2. The minimum atomic E-state index is -0.360. The lowest BCUT2D eigenvalue weighted by Gasteiger charge is -2.11. The number of hydrogen-bond acceptors (Lipinski definition) is 4. The Kier molecular flexibility index (Phi) is 5.14. The molecule has 0 aliphatic carbocycles. The van der Waals surface area contributed by atoms with E-state index in [4.69, 9.17) is 16.3 Å². The first-order valence-electron chi connectivity index (χ1n) is 6.43. The number of aliphatic hydroxyl groups excluding tert-OH is 1. The summed E-state index contributed by atoms with van der Waals surface area (Å²) in [7, 11) is 0. The van der Waals surface area contributed by atoms with Crippen LogP contribution in [0.5, 0.6) is 5.75 Å². The van der Waals surface area contributed by atoms with E-state index in [1.54, 1.807) is 24.3 Å². The number of amides is 1. The van der Waals surface area contributed by atoms with Crippen LogP contribution in [0, 0.1) is 0 Å². The molecule has 2 rings (SSSR count). The topological polar surface area (TPSA) is 71.5 Å². The van der Waals surface area contributed by atoms with Crippen LogP contribution in [0.15, 0.2) is 36.7 Å². The van der Waals surface area contributed by atoms with Crippen molar-refractivity contribution >= 4 is 23.2 Å². The molecule has 1 aromatic heterocycles. The van der Waals surface area contributed by atoms with E-state index in [1.807, 2.05) is 6.92 Å². The van der Waals surface area contributed by atoms with Crippen molar-refractivity contribution < 1.29 is 14.6 Å². The number of nitrogens with zero attached hydrogens (tertiary/aromatic N) is 1. The fourth-order valence-electron chi connectivity index (χ4n) is 1.82. The predicted molar refractivity (Wildman–Crippen MR) is 80.7 cm³/mol. The average Bonchev–Trinajstić information content (AvgIpc) is 2.49. The molecule has 1 heterocycles. The van der Waals surface area contributed by atoms with Crippen molar-refractivity contribution in [1.82, 2.24) is 4.98 Å². The van der Waals surface area contributed by atoms with Crippen molar-refractivity contribution in [2.24, 2.45) is 0 Å². The van der Waals surface area contributed by atoms with Crippen LogP contribution in [0.4, 0.5) is 5.69 Å². The maximum Gasteiger partial charge on any atom is 0.258 e. The van der Waals surface area contributed by atoms with E-state index in [0.29, 0.717) is 34.2 Å². The molecule has 0 fully saturated rings. The predicted octanol–water partition coefficient (Wildman–Crippen LogP) is 2.88. The number of benzene rings is 1. The van der Waals surface area contributed by atoms with Gasteiger partial charge in [0.25, 0.3) is 5.91 Å². The van der Waals surface area contributed by atoms with Crippen molar-refractivity contribution in [3.8, 4) is 5.75 Å². The molecule has 0 unspecified atom stereocenters. The van der Waals surface area contributed by atoms with E-state index < -0.39 is 0 Å². The molecule has 0 aliphatic heterocycles. The summed E-state index contributed by atoms with van der Waals surface area (Å²) in [5.74, 6) is 0.235. The van der Waals surface area contributed by atoms with Gasteiger partial charge >= 0.3 is 0 Å². The van der Waals surface area contributed by atoms with Crippen LogP contribution < -0.4 is 10.1 Å². The number of halogens is 1. The van der Waals surface area contributed by atoms with Crippen molar-refractivity contribution in [2.45, 2.75) is 13.5 Å². The van der Waals surface area contributed by atoms with E-state index >= 15 is 0 Å².